The van der Waals surface area contributed by atoms with Gasteiger partial charge in [0, 0.05) is 47.0 Å². The third kappa shape index (κ3) is 3.74. The summed E-state index contributed by atoms with van der Waals surface area (Å²) in [7, 11) is 1.51. The molecule has 0 atom stereocenters. The molecule has 0 unspecified atom stereocenters. The maximum Gasteiger partial charge on any atom is 0.336 e. The third-order valence-corrected chi connectivity index (χ3v) is 6.64. The Morgan fingerprint density at radius 3 is 2.42 bits per heavy atom. The molecule has 1 aliphatic carbocycles. The van der Waals surface area contributed by atoms with E-state index in [2.05, 4.69) is 5.32 Å². The van der Waals surface area contributed by atoms with E-state index in [1.807, 2.05) is 6.07 Å². The number of aromatic hydroxyl groups is 1. The number of nitrogens with one attached hydrogen (secondary N) is 1. The van der Waals surface area contributed by atoms with Crippen molar-refractivity contribution in [3.8, 4) is 28.2 Å². The Kier molecular flexibility index (Phi) is 5.86. The van der Waals surface area contributed by atoms with Crippen LogP contribution in [0.25, 0.3) is 44.2 Å². The first-order valence-electron chi connectivity index (χ1n) is 11.2. The lowest BCUT2D eigenvalue weighted by atomic mass is 9.87. The second-order valence-corrected chi connectivity index (χ2v) is 8.75. The fourth-order valence-electron chi connectivity index (χ4n) is 4.59. The van der Waals surface area contributed by atoms with E-state index in [1.54, 1.807) is 42.5 Å². The average molecular weight is 502 g/mol. The van der Waals surface area contributed by atoms with E-state index in [9.17, 15) is 24.6 Å². The van der Waals surface area contributed by atoms with Crippen LogP contribution < -0.4 is 10.7 Å². The highest BCUT2D eigenvalue weighted by Gasteiger charge is 2.27. The summed E-state index contributed by atoms with van der Waals surface area (Å²) in [4.78, 5) is 37.1. The van der Waals surface area contributed by atoms with Crippen molar-refractivity contribution < 1.29 is 24.2 Å². The number of carbonyl (C=O) groups is 2. The zero-order valence-electron chi connectivity index (χ0n) is 19.1. The van der Waals surface area contributed by atoms with E-state index in [-0.39, 0.29) is 46.4 Å². The van der Waals surface area contributed by atoms with Crippen LogP contribution in [0.1, 0.15) is 22.3 Å². The molecule has 2 aliphatic rings. The number of carbonyl (C=O) groups excluding carboxylic acids is 1. The Bertz CT molecular complexity index is 1720. The van der Waals surface area contributed by atoms with Crippen molar-refractivity contribution in [3.05, 3.63) is 87.0 Å². The van der Waals surface area contributed by atoms with Gasteiger partial charge >= 0.3 is 5.97 Å². The summed E-state index contributed by atoms with van der Waals surface area (Å²) < 4.78 is 6.09. The van der Waals surface area contributed by atoms with Crippen LogP contribution in [-0.2, 0) is 11.2 Å². The van der Waals surface area contributed by atoms with Gasteiger partial charge in [-0.2, -0.15) is 0 Å². The minimum Gasteiger partial charge on any atom is -0.507 e. The Morgan fingerprint density at radius 2 is 1.69 bits per heavy atom. The molecule has 0 spiro atoms. The average Bonchev–Trinajstić information content (AvgIpc) is 2.89. The molecule has 0 fully saturated rings. The number of amides is 1. The maximum absolute atomic E-state index is 13.1. The zero-order chi connectivity index (χ0) is 25.6. The molecule has 180 valence electrons. The highest BCUT2D eigenvalue weighted by Crippen LogP contribution is 2.47. The van der Waals surface area contributed by atoms with Gasteiger partial charge in [0.2, 0.25) is 11.3 Å². The molecule has 0 saturated carbocycles. The Morgan fingerprint density at radius 1 is 1.00 bits per heavy atom. The minimum atomic E-state index is -1.12. The molecule has 5 rings (SSSR count). The normalized spacial score (nSPS) is 11.3. The van der Waals surface area contributed by atoms with Crippen molar-refractivity contribution in [1.82, 2.24) is 5.32 Å². The number of hydrogen-bond donors (Lipinski definition) is 3. The number of aryl methyl sites for hydroxylation is 1. The van der Waals surface area contributed by atoms with Crippen LogP contribution in [0.15, 0.2) is 69.9 Å². The number of fused-ring (bicyclic) bond motifs is 4. The van der Waals surface area contributed by atoms with Crippen LogP contribution in [0.3, 0.4) is 0 Å². The lowest BCUT2D eigenvalue weighted by Gasteiger charge is -2.20. The molecule has 3 N–H and O–H groups in total. The van der Waals surface area contributed by atoms with Gasteiger partial charge < -0.3 is 19.9 Å². The summed E-state index contributed by atoms with van der Waals surface area (Å²) in [5.41, 5.74) is 1.47. The van der Waals surface area contributed by atoms with Crippen LogP contribution in [-0.4, -0.2) is 29.1 Å². The first-order valence-corrected chi connectivity index (χ1v) is 11.6. The molecular weight excluding hydrogens is 482 g/mol. The van der Waals surface area contributed by atoms with Gasteiger partial charge in [-0.3, -0.25) is 9.59 Å². The largest absolute Gasteiger partial charge is 0.507 e. The van der Waals surface area contributed by atoms with Gasteiger partial charge in [0.15, 0.2) is 5.76 Å². The third-order valence-electron chi connectivity index (χ3n) is 6.30. The molecule has 0 saturated heterocycles. The Hall–Kier alpha value is -4.36. The number of aromatic carboxylic acids is 1. The predicted octanol–water partition coefficient (Wildman–Crippen LogP) is 5.45. The van der Waals surface area contributed by atoms with E-state index in [4.69, 9.17) is 16.0 Å². The van der Waals surface area contributed by atoms with Crippen molar-refractivity contribution in [3.63, 3.8) is 0 Å². The van der Waals surface area contributed by atoms with Crippen LogP contribution >= 0.6 is 11.6 Å². The minimum absolute atomic E-state index is 0.0284. The number of phenols is 1. The highest BCUT2D eigenvalue weighted by molar-refractivity contribution is 6.33. The van der Waals surface area contributed by atoms with Gasteiger partial charge in [0.05, 0.1) is 5.56 Å². The van der Waals surface area contributed by atoms with E-state index >= 15 is 0 Å². The van der Waals surface area contributed by atoms with Gasteiger partial charge in [0.1, 0.15) is 16.4 Å². The number of rotatable bonds is 5. The lowest BCUT2D eigenvalue weighted by Crippen LogP contribution is -2.20. The lowest BCUT2D eigenvalue weighted by molar-refractivity contribution is -0.120. The molecule has 0 aromatic heterocycles. The van der Waals surface area contributed by atoms with Crippen LogP contribution in [0.4, 0.5) is 0 Å². The molecule has 3 aromatic carbocycles. The topological polar surface area (TPSA) is 117 Å². The van der Waals surface area contributed by atoms with Gasteiger partial charge in [-0.05, 0) is 29.5 Å². The number of hydrogen-bond acceptors (Lipinski definition) is 5. The fraction of sp³-hybridized carbons (Fsp3) is 0.107. The number of carboxylic acids is 1. The van der Waals surface area contributed by atoms with Gasteiger partial charge in [-0.15, -0.1) is 0 Å². The zero-order valence-corrected chi connectivity index (χ0v) is 19.8. The molecular formula is C28H20ClNO6. The van der Waals surface area contributed by atoms with Crippen molar-refractivity contribution >= 4 is 45.2 Å². The Balaban J connectivity index is 1.99. The predicted molar refractivity (Wildman–Crippen MR) is 138 cm³/mol. The van der Waals surface area contributed by atoms with E-state index in [1.165, 1.54) is 19.2 Å². The summed E-state index contributed by atoms with van der Waals surface area (Å²) in [6.07, 6.45) is 0.221. The summed E-state index contributed by atoms with van der Waals surface area (Å²) in [5.74, 6) is -1.31. The van der Waals surface area contributed by atoms with Crippen molar-refractivity contribution in [2.75, 3.05) is 7.05 Å². The van der Waals surface area contributed by atoms with E-state index in [0.717, 1.165) is 0 Å². The molecule has 3 aromatic rings. The number of carboxylic acid groups (broad SMARTS) is 1. The Labute approximate surface area is 209 Å². The number of phenolic OH excluding ortho intramolecular Hbond substituents is 1. The van der Waals surface area contributed by atoms with Gasteiger partial charge in [0.25, 0.3) is 0 Å². The van der Waals surface area contributed by atoms with E-state index < -0.39 is 11.4 Å². The van der Waals surface area contributed by atoms with Gasteiger partial charge in [-0.1, -0.05) is 54.1 Å². The maximum atomic E-state index is 13.1. The number of halogens is 1. The van der Waals surface area contributed by atoms with E-state index in [0.29, 0.717) is 38.4 Å². The summed E-state index contributed by atoms with van der Waals surface area (Å²) in [6.45, 7) is 0. The first kappa shape index (κ1) is 23.4. The molecule has 7 nitrogen and oxygen atoms in total. The summed E-state index contributed by atoms with van der Waals surface area (Å²) in [5, 5.41) is 24.8. The van der Waals surface area contributed by atoms with Crippen molar-refractivity contribution in [2.24, 2.45) is 0 Å². The van der Waals surface area contributed by atoms with Crippen LogP contribution in [0, 0.1) is 0 Å². The summed E-state index contributed by atoms with van der Waals surface area (Å²) in [6, 6.07) is 16.7. The first-order chi connectivity index (χ1) is 17.3. The second kappa shape index (κ2) is 9.02. The smallest absolute Gasteiger partial charge is 0.336 e. The second-order valence-electron chi connectivity index (χ2n) is 8.37. The molecule has 8 heteroatoms. The molecule has 0 bridgehead atoms. The van der Waals surface area contributed by atoms with Crippen molar-refractivity contribution in [1.29, 1.82) is 0 Å². The quantitative estimate of drug-likeness (QED) is 0.218. The fourth-order valence-corrected chi connectivity index (χ4v) is 4.86. The molecule has 36 heavy (non-hydrogen) atoms. The monoisotopic (exact) mass is 501 g/mol. The van der Waals surface area contributed by atoms with Gasteiger partial charge in [-0.25, -0.2) is 4.79 Å². The molecule has 1 aliphatic heterocycles. The highest BCUT2D eigenvalue weighted by atomic mass is 35.5. The standard InChI is InChI=1S/C28H20ClNO6/c1-30-22(32)11-10-14-12-19-23(17-8-4-5-9-18(17)28(34)35)24-16-7-3-2-6-15(16)20(31)13-21(24)36-27(19)25(29)26(14)33/h2-9,12-13,31H,10-11H2,1H3,(H,30,32)(H,34,35). The number of benzene rings is 4. The molecule has 1 amide bonds. The SMILES string of the molecule is CNC(=O)CCc1cc2c(-c3ccccc3C(=O)O)c3c(cc(O)c4ccccc43)oc-2c(Cl)c1=O. The summed E-state index contributed by atoms with van der Waals surface area (Å²) >= 11 is 6.51. The van der Waals surface area contributed by atoms with Crippen molar-refractivity contribution in [2.45, 2.75) is 12.8 Å². The molecule has 0 radical (unpaired) electrons. The van der Waals surface area contributed by atoms with Crippen LogP contribution in [0.2, 0.25) is 5.02 Å². The van der Waals surface area contributed by atoms with Crippen LogP contribution in [0.5, 0.6) is 5.75 Å². The molecule has 1 heterocycles.